The van der Waals surface area contributed by atoms with E-state index in [1.54, 1.807) is 30.0 Å². The number of carbonyl (C=O) groups excluding carboxylic acids is 1. The number of hydrogen-bond acceptors (Lipinski definition) is 3. The highest BCUT2D eigenvalue weighted by molar-refractivity contribution is 7.99. The van der Waals surface area contributed by atoms with Crippen molar-refractivity contribution in [2.24, 2.45) is 0 Å². The van der Waals surface area contributed by atoms with Crippen LogP contribution in [-0.2, 0) is 4.79 Å². The zero-order valence-electron chi connectivity index (χ0n) is 16.1. The van der Waals surface area contributed by atoms with E-state index >= 15 is 0 Å². The summed E-state index contributed by atoms with van der Waals surface area (Å²) in [6, 6.07) is 23.3. The number of amides is 1. The van der Waals surface area contributed by atoms with E-state index in [0.29, 0.717) is 10.7 Å². The predicted octanol–water partition coefficient (Wildman–Crippen LogP) is 6.65. The highest BCUT2D eigenvalue weighted by atomic mass is 35.5. The van der Waals surface area contributed by atoms with Gasteiger partial charge in [-0.1, -0.05) is 59.3 Å². The molecule has 144 valence electrons. The SMILES string of the molecule is Cc1ccc(Sc2ccc(/C=C(/C#N)C(=O)Nc3cc(Cl)ccc3C)cc2)cc1. The molecule has 0 unspecified atom stereocenters. The normalized spacial score (nSPS) is 11.0. The van der Waals surface area contributed by atoms with Crippen molar-refractivity contribution in [1.29, 1.82) is 5.26 Å². The summed E-state index contributed by atoms with van der Waals surface area (Å²) >= 11 is 7.65. The van der Waals surface area contributed by atoms with Crippen molar-refractivity contribution in [2.75, 3.05) is 5.32 Å². The fourth-order valence-corrected chi connectivity index (χ4v) is 3.60. The lowest BCUT2D eigenvalue weighted by atomic mass is 10.1. The molecule has 3 nitrogen and oxygen atoms in total. The first-order valence-electron chi connectivity index (χ1n) is 8.98. The minimum atomic E-state index is -0.462. The summed E-state index contributed by atoms with van der Waals surface area (Å²) in [7, 11) is 0. The molecule has 1 amide bonds. The van der Waals surface area contributed by atoms with Gasteiger partial charge in [0.15, 0.2) is 0 Å². The number of aryl methyl sites for hydroxylation is 2. The standard InChI is InChI=1S/C24H19ClN2OS/c1-16-3-9-21(10-4-16)29-22-11-6-18(7-12-22)13-19(15-26)24(28)27-23-14-20(25)8-5-17(23)2/h3-14H,1-2H3,(H,27,28)/b19-13-. The van der Waals surface area contributed by atoms with E-state index in [9.17, 15) is 10.1 Å². The number of anilines is 1. The zero-order chi connectivity index (χ0) is 20.8. The van der Waals surface area contributed by atoms with E-state index in [4.69, 9.17) is 11.6 Å². The second-order valence-corrected chi connectivity index (χ2v) is 8.15. The Morgan fingerprint density at radius 3 is 2.24 bits per heavy atom. The number of nitriles is 1. The second-order valence-electron chi connectivity index (χ2n) is 6.57. The summed E-state index contributed by atoms with van der Waals surface area (Å²) in [5.41, 5.74) is 3.51. The van der Waals surface area contributed by atoms with Crippen molar-refractivity contribution >= 4 is 41.0 Å². The van der Waals surface area contributed by atoms with Gasteiger partial charge in [-0.2, -0.15) is 5.26 Å². The van der Waals surface area contributed by atoms with E-state index in [2.05, 4.69) is 36.5 Å². The maximum absolute atomic E-state index is 12.5. The molecule has 0 heterocycles. The summed E-state index contributed by atoms with van der Waals surface area (Å²) < 4.78 is 0. The molecule has 0 saturated heterocycles. The highest BCUT2D eigenvalue weighted by Crippen LogP contribution is 2.28. The van der Waals surface area contributed by atoms with Gasteiger partial charge in [-0.25, -0.2) is 0 Å². The number of carbonyl (C=O) groups is 1. The van der Waals surface area contributed by atoms with E-state index in [1.165, 1.54) is 5.56 Å². The molecule has 3 aromatic rings. The van der Waals surface area contributed by atoms with Crippen LogP contribution in [0.2, 0.25) is 5.02 Å². The van der Waals surface area contributed by atoms with Crippen LogP contribution in [0.25, 0.3) is 6.08 Å². The van der Waals surface area contributed by atoms with Crippen LogP contribution in [0.3, 0.4) is 0 Å². The van der Waals surface area contributed by atoms with Crippen molar-refractivity contribution in [3.8, 4) is 6.07 Å². The van der Waals surface area contributed by atoms with Crippen molar-refractivity contribution in [3.63, 3.8) is 0 Å². The number of nitrogens with one attached hydrogen (secondary N) is 1. The summed E-state index contributed by atoms with van der Waals surface area (Å²) in [4.78, 5) is 14.7. The molecule has 0 aliphatic heterocycles. The predicted molar refractivity (Wildman–Crippen MR) is 120 cm³/mol. The van der Waals surface area contributed by atoms with E-state index < -0.39 is 5.91 Å². The third-order valence-electron chi connectivity index (χ3n) is 4.26. The van der Waals surface area contributed by atoms with Crippen LogP contribution in [0, 0.1) is 25.2 Å². The molecule has 0 saturated carbocycles. The third-order valence-corrected chi connectivity index (χ3v) is 5.51. The third kappa shape index (κ3) is 5.74. The maximum atomic E-state index is 12.5. The molecule has 1 N–H and O–H groups in total. The molecule has 5 heteroatoms. The molecule has 0 bridgehead atoms. The molecule has 29 heavy (non-hydrogen) atoms. The number of benzene rings is 3. The van der Waals surface area contributed by atoms with Crippen LogP contribution in [0.1, 0.15) is 16.7 Å². The Labute approximate surface area is 180 Å². The summed E-state index contributed by atoms with van der Waals surface area (Å²) in [6.07, 6.45) is 1.58. The molecule has 0 aliphatic rings. The van der Waals surface area contributed by atoms with E-state index in [0.717, 1.165) is 20.9 Å². The van der Waals surface area contributed by atoms with Gasteiger partial charge < -0.3 is 5.32 Å². The Morgan fingerprint density at radius 2 is 1.62 bits per heavy atom. The van der Waals surface area contributed by atoms with Gasteiger partial charge >= 0.3 is 0 Å². The Bertz CT molecular complexity index is 1100. The van der Waals surface area contributed by atoms with Crippen LogP contribution in [0.4, 0.5) is 5.69 Å². The molecule has 3 rings (SSSR count). The van der Waals surface area contributed by atoms with Crippen molar-refractivity contribution in [2.45, 2.75) is 23.6 Å². The highest BCUT2D eigenvalue weighted by Gasteiger charge is 2.11. The molecule has 0 spiro atoms. The van der Waals surface area contributed by atoms with Crippen LogP contribution in [-0.4, -0.2) is 5.91 Å². The first kappa shape index (κ1) is 20.7. The van der Waals surface area contributed by atoms with Gasteiger partial charge in [0, 0.05) is 20.5 Å². The van der Waals surface area contributed by atoms with E-state index in [-0.39, 0.29) is 5.57 Å². The minimum absolute atomic E-state index is 0.0308. The fraction of sp³-hybridized carbons (Fsp3) is 0.0833. The Morgan fingerprint density at radius 1 is 1.00 bits per heavy atom. The molecule has 0 atom stereocenters. The number of hydrogen-bond donors (Lipinski definition) is 1. The number of rotatable bonds is 5. The smallest absolute Gasteiger partial charge is 0.266 e. The average molecular weight is 419 g/mol. The maximum Gasteiger partial charge on any atom is 0.266 e. The minimum Gasteiger partial charge on any atom is -0.321 e. The van der Waals surface area contributed by atoms with Crippen molar-refractivity contribution in [3.05, 3.63) is 94.0 Å². The zero-order valence-corrected chi connectivity index (χ0v) is 17.6. The Balaban J connectivity index is 1.73. The van der Waals surface area contributed by atoms with Crippen LogP contribution in [0.5, 0.6) is 0 Å². The van der Waals surface area contributed by atoms with Gasteiger partial charge in [0.1, 0.15) is 11.6 Å². The van der Waals surface area contributed by atoms with Gasteiger partial charge in [0.25, 0.3) is 5.91 Å². The monoisotopic (exact) mass is 418 g/mol. The topological polar surface area (TPSA) is 52.9 Å². The summed E-state index contributed by atoms with van der Waals surface area (Å²) in [6.45, 7) is 3.93. The lowest BCUT2D eigenvalue weighted by Crippen LogP contribution is -2.14. The Hall–Kier alpha value is -3.00. The number of nitrogens with zero attached hydrogens (tertiary/aromatic N) is 1. The van der Waals surface area contributed by atoms with Gasteiger partial charge in [-0.05, 0) is 67.4 Å². The average Bonchev–Trinajstić information content (AvgIpc) is 2.71. The quantitative estimate of drug-likeness (QED) is 0.372. The lowest BCUT2D eigenvalue weighted by Gasteiger charge is -2.08. The lowest BCUT2D eigenvalue weighted by molar-refractivity contribution is -0.112. The van der Waals surface area contributed by atoms with Gasteiger partial charge in [-0.3, -0.25) is 4.79 Å². The van der Waals surface area contributed by atoms with Crippen LogP contribution in [0.15, 0.2) is 82.1 Å². The Kier molecular flexibility index (Phi) is 6.77. The molecular formula is C24H19ClN2OS. The molecule has 0 aliphatic carbocycles. The molecule has 3 aromatic carbocycles. The largest absolute Gasteiger partial charge is 0.321 e. The second kappa shape index (κ2) is 9.47. The van der Waals surface area contributed by atoms with Gasteiger partial charge in [-0.15, -0.1) is 0 Å². The summed E-state index contributed by atoms with van der Waals surface area (Å²) in [5, 5.41) is 12.7. The molecule has 0 aromatic heterocycles. The fourth-order valence-electron chi connectivity index (χ4n) is 2.61. The first-order valence-corrected chi connectivity index (χ1v) is 10.2. The molecular weight excluding hydrogens is 400 g/mol. The first-order chi connectivity index (χ1) is 13.9. The van der Waals surface area contributed by atoms with E-state index in [1.807, 2.05) is 43.3 Å². The van der Waals surface area contributed by atoms with Crippen LogP contribution < -0.4 is 5.32 Å². The summed E-state index contributed by atoms with van der Waals surface area (Å²) in [5.74, 6) is -0.462. The van der Waals surface area contributed by atoms with Crippen molar-refractivity contribution in [1.82, 2.24) is 0 Å². The number of halogens is 1. The molecule has 0 radical (unpaired) electrons. The molecule has 0 fully saturated rings. The van der Waals surface area contributed by atoms with Gasteiger partial charge in [0.2, 0.25) is 0 Å². The van der Waals surface area contributed by atoms with Crippen molar-refractivity contribution < 1.29 is 4.79 Å². The van der Waals surface area contributed by atoms with Crippen LogP contribution >= 0.6 is 23.4 Å². The van der Waals surface area contributed by atoms with Gasteiger partial charge in [0.05, 0.1) is 0 Å².